The van der Waals surface area contributed by atoms with Gasteiger partial charge in [0.25, 0.3) is 5.56 Å². The second-order valence-corrected chi connectivity index (χ2v) is 9.37. The summed E-state index contributed by atoms with van der Waals surface area (Å²) in [5.41, 5.74) is 5.35. The molecule has 4 rings (SSSR count). The Morgan fingerprint density at radius 2 is 1.94 bits per heavy atom. The van der Waals surface area contributed by atoms with Crippen LogP contribution >= 0.6 is 11.8 Å². The standard InChI is InChI=1S/C22H27N7O3S/c1-13-7-4-5-9-15(13)29-19(14-8-6-10-24-11-14)25-26-21(29)33-12-16(30)17-18(23)27(2)22(32)28(3)20(17)31/h6,8,10-11,13,15H,4-5,7,9,12,23H2,1-3H3/t13-,15+/m1/s1. The molecule has 0 bridgehead atoms. The number of anilines is 1. The van der Waals surface area contributed by atoms with Crippen molar-refractivity contribution in [3.8, 4) is 11.4 Å². The van der Waals surface area contributed by atoms with E-state index < -0.39 is 17.0 Å². The van der Waals surface area contributed by atoms with Gasteiger partial charge < -0.3 is 5.73 Å². The zero-order valence-corrected chi connectivity index (χ0v) is 19.7. The van der Waals surface area contributed by atoms with Crippen molar-refractivity contribution in [2.45, 2.75) is 43.8 Å². The number of nitrogens with two attached hydrogens (primary N) is 1. The van der Waals surface area contributed by atoms with Gasteiger partial charge in [0.05, 0.1) is 5.75 Å². The van der Waals surface area contributed by atoms with Crippen LogP contribution in [0.3, 0.4) is 0 Å². The van der Waals surface area contributed by atoms with Gasteiger partial charge in [-0.1, -0.05) is 31.5 Å². The fourth-order valence-electron chi connectivity index (χ4n) is 4.37. The second kappa shape index (κ2) is 9.34. The molecule has 0 saturated heterocycles. The van der Waals surface area contributed by atoms with Crippen molar-refractivity contribution >= 4 is 23.4 Å². The summed E-state index contributed by atoms with van der Waals surface area (Å²) in [4.78, 5) is 41.8. The first-order valence-electron chi connectivity index (χ1n) is 10.9. The second-order valence-electron chi connectivity index (χ2n) is 8.42. The van der Waals surface area contributed by atoms with Crippen molar-refractivity contribution in [1.82, 2.24) is 28.9 Å². The molecule has 0 aliphatic heterocycles. The van der Waals surface area contributed by atoms with E-state index in [2.05, 4.69) is 26.7 Å². The number of aromatic nitrogens is 6. The minimum absolute atomic E-state index is 0.0517. The SMILES string of the molecule is C[C@@H]1CCCC[C@@H]1n1c(SCC(=O)c2c(N)n(C)c(=O)n(C)c2=O)nnc1-c1cccnc1. The fraction of sp³-hybridized carbons (Fsp3) is 0.455. The van der Waals surface area contributed by atoms with E-state index in [1.165, 1.54) is 32.3 Å². The smallest absolute Gasteiger partial charge is 0.332 e. The Hall–Kier alpha value is -3.21. The average molecular weight is 470 g/mol. The lowest BCUT2D eigenvalue weighted by Crippen LogP contribution is -2.41. The molecule has 3 heterocycles. The van der Waals surface area contributed by atoms with E-state index in [0.29, 0.717) is 16.9 Å². The molecule has 10 nitrogen and oxygen atoms in total. The molecule has 0 radical (unpaired) electrons. The highest BCUT2D eigenvalue weighted by Gasteiger charge is 2.29. The van der Waals surface area contributed by atoms with Gasteiger partial charge in [-0.25, -0.2) is 4.79 Å². The first-order chi connectivity index (χ1) is 15.8. The van der Waals surface area contributed by atoms with Crippen molar-refractivity contribution in [2.24, 2.45) is 20.0 Å². The lowest BCUT2D eigenvalue weighted by molar-refractivity contribution is 0.102. The molecule has 2 N–H and O–H groups in total. The minimum atomic E-state index is -0.695. The molecule has 0 aromatic carbocycles. The summed E-state index contributed by atoms with van der Waals surface area (Å²) in [7, 11) is 2.76. The van der Waals surface area contributed by atoms with Crippen LogP contribution in [0.4, 0.5) is 5.82 Å². The largest absolute Gasteiger partial charge is 0.384 e. The summed E-state index contributed by atoms with van der Waals surface area (Å²) in [6.07, 6.45) is 7.89. The number of rotatable bonds is 6. The molecule has 1 aliphatic carbocycles. The van der Waals surface area contributed by atoms with E-state index in [1.807, 2.05) is 12.1 Å². The number of pyridine rings is 1. The molecule has 3 aromatic rings. The van der Waals surface area contributed by atoms with Gasteiger partial charge >= 0.3 is 5.69 Å². The van der Waals surface area contributed by atoms with E-state index in [4.69, 9.17) is 5.73 Å². The molecule has 1 fully saturated rings. The maximum absolute atomic E-state index is 13.0. The van der Waals surface area contributed by atoms with Gasteiger partial charge in [0, 0.05) is 38.1 Å². The molecule has 1 saturated carbocycles. The number of hydrogen-bond donors (Lipinski definition) is 1. The van der Waals surface area contributed by atoms with Crippen molar-refractivity contribution in [3.05, 3.63) is 50.9 Å². The lowest BCUT2D eigenvalue weighted by Gasteiger charge is -2.31. The highest BCUT2D eigenvalue weighted by molar-refractivity contribution is 7.99. The van der Waals surface area contributed by atoms with E-state index in [9.17, 15) is 14.4 Å². The predicted molar refractivity (Wildman–Crippen MR) is 126 cm³/mol. The molecule has 11 heteroatoms. The van der Waals surface area contributed by atoms with Crippen LogP contribution in [0, 0.1) is 5.92 Å². The number of thioether (sulfide) groups is 1. The Morgan fingerprint density at radius 1 is 1.18 bits per heavy atom. The summed E-state index contributed by atoms with van der Waals surface area (Å²) in [6, 6.07) is 4.00. The average Bonchev–Trinajstić information content (AvgIpc) is 3.25. The molecule has 3 aromatic heterocycles. The van der Waals surface area contributed by atoms with E-state index in [-0.39, 0.29) is 23.2 Å². The third-order valence-electron chi connectivity index (χ3n) is 6.30. The van der Waals surface area contributed by atoms with Gasteiger partial charge in [-0.2, -0.15) is 0 Å². The minimum Gasteiger partial charge on any atom is -0.384 e. The molecular formula is C22H27N7O3S. The number of carbonyl (C=O) groups is 1. The van der Waals surface area contributed by atoms with E-state index in [1.54, 1.807) is 12.4 Å². The van der Waals surface area contributed by atoms with Gasteiger partial charge in [-0.15, -0.1) is 10.2 Å². The summed E-state index contributed by atoms with van der Waals surface area (Å²) in [6.45, 7) is 2.23. The zero-order chi connectivity index (χ0) is 23.7. The highest BCUT2D eigenvalue weighted by Crippen LogP contribution is 2.38. The Morgan fingerprint density at radius 3 is 2.64 bits per heavy atom. The van der Waals surface area contributed by atoms with Crippen LogP contribution in [0.25, 0.3) is 11.4 Å². The number of ketones is 1. The Kier molecular flexibility index (Phi) is 6.50. The van der Waals surface area contributed by atoms with Gasteiger partial charge in [-0.3, -0.25) is 28.3 Å². The molecule has 2 atom stereocenters. The van der Waals surface area contributed by atoms with Crippen LogP contribution < -0.4 is 17.0 Å². The number of nitrogen functional groups attached to an aromatic ring is 1. The first-order valence-corrected chi connectivity index (χ1v) is 11.9. The van der Waals surface area contributed by atoms with Crippen LogP contribution in [0.2, 0.25) is 0 Å². The van der Waals surface area contributed by atoms with Gasteiger partial charge in [-0.05, 0) is 30.9 Å². The van der Waals surface area contributed by atoms with Crippen LogP contribution in [0.5, 0.6) is 0 Å². The van der Waals surface area contributed by atoms with Crippen molar-refractivity contribution in [1.29, 1.82) is 0 Å². The topological polar surface area (TPSA) is 131 Å². The van der Waals surface area contributed by atoms with Crippen LogP contribution in [0.1, 0.15) is 49.0 Å². The predicted octanol–water partition coefficient (Wildman–Crippen LogP) is 2.05. The molecule has 0 amide bonds. The van der Waals surface area contributed by atoms with Gasteiger partial charge in [0.15, 0.2) is 16.8 Å². The Labute approximate surface area is 194 Å². The third-order valence-corrected chi connectivity index (χ3v) is 7.25. The third kappa shape index (κ3) is 4.24. The number of nitrogens with zero attached hydrogens (tertiary/aromatic N) is 6. The Balaban J connectivity index is 1.68. The lowest BCUT2D eigenvalue weighted by atomic mass is 9.85. The molecule has 174 valence electrons. The maximum atomic E-state index is 13.0. The van der Waals surface area contributed by atoms with Crippen molar-refractivity contribution in [2.75, 3.05) is 11.5 Å². The number of hydrogen-bond acceptors (Lipinski definition) is 8. The molecule has 1 aliphatic rings. The number of Topliss-reactive ketones (excluding diaryl/α,β-unsaturated/α-hetero) is 1. The van der Waals surface area contributed by atoms with E-state index in [0.717, 1.165) is 34.0 Å². The summed E-state index contributed by atoms with van der Waals surface area (Å²) in [5.74, 6) is 0.514. The maximum Gasteiger partial charge on any atom is 0.332 e. The van der Waals surface area contributed by atoms with Crippen LogP contribution in [-0.2, 0) is 14.1 Å². The van der Waals surface area contributed by atoms with Gasteiger partial charge in [0.1, 0.15) is 11.4 Å². The summed E-state index contributed by atoms with van der Waals surface area (Å²) in [5, 5.41) is 9.43. The molecule has 33 heavy (non-hydrogen) atoms. The van der Waals surface area contributed by atoms with E-state index >= 15 is 0 Å². The number of carbonyl (C=O) groups excluding carboxylic acids is 1. The monoisotopic (exact) mass is 469 g/mol. The highest BCUT2D eigenvalue weighted by atomic mass is 32.2. The van der Waals surface area contributed by atoms with Crippen molar-refractivity contribution in [3.63, 3.8) is 0 Å². The van der Waals surface area contributed by atoms with Crippen LogP contribution in [-0.4, -0.2) is 40.4 Å². The molecular weight excluding hydrogens is 442 g/mol. The Bertz CT molecular complexity index is 1300. The summed E-state index contributed by atoms with van der Waals surface area (Å²) >= 11 is 1.22. The fourth-order valence-corrected chi connectivity index (χ4v) is 5.23. The first kappa shape index (κ1) is 23.0. The summed E-state index contributed by atoms with van der Waals surface area (Å²) < 4.78 is 4.11. The molecule has 0 unspecified atom stereocenters. The zero-order valence-electron chi connectivity index (χ0n) is 18.9. The van der Waals surface area contributed by atoms with Gasteiger partial charge in [0.2, 0.25) is 0 Å². The molecule has 0 spiro atoms. The van der Waals surface area contributed by atoms with Crippen LogP contribution in [0.15, 0.2) is 39.3 Å². The quantitative estimate of drug-likeness (QED) is 0.429. The van der Waals surface area contributed by atoms with Crippen molar-refractivity contribution < 1.29 is 4.79 Å². The normalized spacial score (nSPS) is 18.4.